The number of ether oxygens (including phenoxy) is 1. The number of carbonyl (C=O) groups is 1. The molecule has 0 saturated heterocycles. The number of hydrogen-bond donors (Lipinski definition) is 0. The van der Waals surface area contributed by atoms with E-state index in [9.17, 15) is 4.79 Å². The Bertz CT molecular complexity index is 549. The van der Waals surface area contributed by atoms with E-state index in [0.717, 1.165) is 24.1 Å². The normalized spacial score (nSPS) is 32.2. The predicted octanol–water partition coefficient (Wildman–Crippen LogP) is 3.23. The summed E-state index contributed by atoms with van der Waals surface area (Å²) in [4.78, 5) is 17.2. The zero-order valence-corrected chi connectivity index (χ0v) is 12.3. The molecular formula is C17H21NO2. The first-order chi connectivity index (χ1) is 9.58. The van der Waals surface area contributed by atoms with Crippen molar-refractivity contribution in [1.82, 2.24) is 0 Å². The van der Waals surface area contributed by atoms with E-state index in [1.54, 1.807) is 0 Å². The van der Waals surface area contributed by atoms with E-state index in [1.807, 2.05) is 30.3 Å². The molecule has 3 rings (SSSR count). The van der Waals surface area contributed by atoms with Crippen LogP contribution in [0.2, 0.25) is 0 Å². The van der Waals surface area contributed by atoms with Crippen molar-refractivity contribution in [3.05, 3.63) is 35.9 Å². The Hall–Kier alpha value is -1.64. The van der Waals surface area contributed by atoms with Gasteiger partial charge in [-0.3, -0.25) is 4.99 Å². The summed E-state index contributed by atoms with van der Waals surface area (Å²) in [5.74, 6) is 0.457. The summed E-state index contributed by atoms with van der Waals surface area (Å²) in [6, 6.07) is 10.1. The van der Waals surface area contributed by atoms with Crippen molar-refractivity contribution in [3.8, 4) is 0 Å². The molecule has 0 amide bonds. The van der Waals surface area contributed by atoms with Crippen molar-refractivity contribution < 1.29 is 9.53 Å². The predicted molar refractivity (Wildman–Crippen MR) is 78.8 cm³/mol. The molecule has 0 N–H and O–H groups in total. The third-order valence-electron chi connectivity index (χ3n) is 4.42. The summed E-state index contributed by atoms with van der Waals surface area (Å²) in [5.41, 5.74) is 1.43. The van der Waals surface area contributed by atoms with Gasteiger partial charge in [0.2, 0.25) is 0 Å². The van der Waals surface area contributed by atoms with Gasteiger partial charge in [-0.05, 0) is 23.8 Å². The van der Waals surface area contributed by atoms with E-state index in [2.05, 4.69) is 20.8 Å². The van der Waals surface area contributed by atoms with Gasteiger partial charge in [0.1, 0.15) is 6.10 Å². The fraction of sp³-hybridized carbons (Fsp3) is 0.529. The minimum atomic E-state index is -0.578. The Balaban J connectivity index is 2.04. The monoisotopic (exact) mass is 271 g/mol. The van der Waals surface area contributed by atoms with E-state index in [4.69, 9.17) is 9.73 Å². The molecule has 106 valence electrons. The zero-order valence-electron chi connectivity index (χ0n) is 12.3. The third kappa shape index (κ3) is 1.96. The molecule has 1 aromatic carbocycles. The minimum absolute atomic E-state index is 0.122. The van der Waals surface area contributed by atoms with Gasteiger partial charge >= 0.3 is 5.97 Å². The van der Waals surface area contributed by atoms with Crippen molar-refractivity contribution in [3.63, 3.8) is 0 Å². The van der Waals surface area contributed by atoms with Gasteiger partial charge in [0.25, 0.3) is 0 Å². The van der Waals surface area contributed by atoms with Crippen LogP contribution in [0, 0.1) is 11.8 Å². The SMILES string of the molecule is CC[C@@H]1C[C@]12N=C(c1ccccc1)[C@H](C(C)C)OC2=O. The number of carbonyl (C=O) groups excluding carboxylic acids is 1. The topological polar surface area (TPSA) is 38.7 Å². The highest BCUT2D eigenvalue weighted by Crippen LogP contribution is 2.52. The zero-order chi connectivity index (χ0) is 14.3. The lowest BCUT2D eigenvalue weighted by molar-refractivity contribution is -0.152. The maximum absolute atomic E-state index is 12.3. The molecule has 0 radical (unpaired) electrons. The first kappa shape index (κ1) is 13.3. The second kappa shape index (κ2) is 4.72. The lowest BCUT2D eigenvalue weighted by atomic mass is 9.94. The highest BCUT2D eigenvalue weighted by molar-refractivity contribution is 6.09. The summed E-state index contributed by atoms with van der Waals surface area (Å²) in [5, 5.41) is 0. The van der Waals surface area contributed by atoms with Crippen LogP contribution in [0.5, 0.6) is 0 Å². The minimum Gasteiger partial charge on any atom is -0.454 e. The summed E-state index contributed by atoms with van der Waals surface area (Å²) in [6.07, 6.45) is 1.59. The molecule has 1 aliphatic heterocycles. The Morgan fingerprint density at radius 3 is 2.60 bits per heavy atom. The van der Waals surface area contributed by atoms with Gasteiger partial charge in [0.05, 0.1) is 5.71 Å². The molecule has 1 saturated carbocycles. The van der Waals surface area contributed by atoms with E-state index in [-0.39, 0.29) is 18.0 Å². The highest BCUT2D eigenvalue weighted by Gasteiger charge is 2.63. The first-order valence-electron chi connectivity index (χ1n) is 7.44. The molecule has 1 aromatic rings. The van der Waals surface area contributed by atoms with Crippen LogP contribution in [0.15, 0.2) is 35.3 Å². The number of aliphatic imine (C=N–C) groups is 1. The van der Waals surface area contributed by atoms with E-state index >= 15 is 0 Å². The smallest absolute Gasteiger partial charge is 0.335 e. The Kier molecular flexibility index (Phi) is 3.15. The van der Waals surface area contributed by atoms with Crippen molar-refractivity contribution in [2.75, 3.05) is 0 Å². The van der Waals surface area contributed by atoms with Crippen LogP contribution in [0.3, 0.4) is 0 Å². The Morgan fingerprint density at radius 2 is 2.05 bits per heavy atom. The maximum Gasteiger partial charge on any atom is 0.335 e. The molecule has 3 atom stereocenters. The molecule has 3 nitrogen and oxygen atoms in total. The van der Waals surface area contributed by atoms with Crippen molar-refractivity contribution in [1.29, 1.82) is 0 Å². The van der Waals surface area contributed by atoms with E-state index in [0.29, 0.717) is 5.92 Å². The van der Waals surface area contributed by atoms with Gasteiger partial charge in [-0.25, -0.2) is 4.79 Å². The number of benzene rings is 1. The maximum atomic E-state index is 12.3. The molecule has 3 heteroatoms. The molecule has 1 fully saturated rings. The van der Waals surface area contributed by atoms with Gasteiger partial charge in [-0.1, -0.05) is 57.5 Å². The summed E-state index contributed by atoms with van der Waals surface area (Å²) >= 11 is 0. The average molecular weight is 271 g/mol. The Morgan fingerprint density at radius 1 is 1.35 bits per heavy atom. The summed E-state index contributed by atoms with van der Waals surface area (Å²) < 4.78 is 5.75. The Labute approximate surface area is 120 Å². The van der Waals surface area contributed by atoms with Gasteiger partial charge in [0, 0.05) is 0 Å². The fourth-order valence-electron chi connectivity index (χ4n) is 3.07. The number of cyclic esters (lactones) is 1. The van der Waals surface area contributed by atoms with Gasteiger partial charge in [0.15, 0.2) is 5.54 Å². The number of esters is 1. The van der Waals surface area contributed by atoms with E-state index < -0.39 is 5.54 Å². The molecule has 1 spiro atoms. The van der Waals surface area contributed by atoms with Crippen molar-refractivity contribution in [2.45, 2.75) is 45.3 Å². The lowest BCUT2D eigenvalue weighted by Gasteiger charge is -2.31. The second-order valence-corrected chi connectivity index (χ2v) is 6.17. The van der Waals surface area contributed by atoms with Crippen LogP contribution < -0.4 is 0 Å². The number of hydrogen-bond acceptors (Lipinski definition) is 3. The molecule has 0 bridgehead atoms. The second-order valence-electron chi connectivity index (χ2n) is 6.17. The van der Waals surface area contributed by atoms with Gasteiger partial charge in [-0.15, -0.1) is 0 Å². The van der Waals surface area contributed by atoms with E-state index in [1.165, 1.54) is 0 Å². The van der Waals surface area contributed by atoms with Crippen LogP contribution >= 0.6 is 0 Å². The quantitative estimate of drug-likeness (QED) is 0.792. The third-order valence-corrected chi connectivity index (χ3v) is 4.42. The lowest BCUT2D eigenvalue weighted by Crippen LogP contribution is -2.44. The van der Waals surface area contributed by atoms with Crippen molar-refractivity contribution >= 4 is 11.7 Å². The van der Waals surface area contributed by atoms with Gasteiger partial charge in [-0.2, -0.15) is 0 Å². The van der Waals surface area contributed by atoms with Crippen molar-refractivity contribution in [2.24, 2.45) is 16.8 Å². The average Bonchev–Trinajstić information content (AvgIpc) is 3.16. The van der Waals surface area contributed by atoms with Crippen LogP contribution in [-0.4, -0.2) is 23.3 Å². The summed E-state index contributed by atoms with van der Waals surface area (Å²) in [7, 11) is 0. The molecule has 0 unspecified atom stereocenters. The first-order valence-corrected chi connectivity index (χ1v) is 7.44. The molecular weight excluding hydrogens is 250 g/mol. The highest BCUT2D eigenvalue weighted by atomic mass is 16.5. The number of rotatable bonds is 3. The molecule has 20 heavy (non-hydrogen) atoms. The number of nitrogens with zero attached hydrogens (tertiary/aromatic N) is 1. The molecule has 0 aromatic heterocycles. The summed E-state index contributed by atoms with van der Waals surface area (Å²) in [6.45, 7) is 6.25. The molecule has 1 aliphatic carbocycles. The molecule has 1 heterocycles. The van der Waals surface area contributed by atoms with Crippen LogP contribution in [0.1, 0.15) is 39.2 Å². The molecule has 2 aliphatic rings. The van der Waals surface area contributed by atoms with Crippen LogP contribution in [0.4, 0.5) is 0 Å². The van der Waals surface area contributed by atoms with Gasteiger partial charge < -0.3 is 4.74 Å². The standard InChI is InChI=1S/C17H21NO2/c1-4-13-10-17(13)16(19)20-15(11(2)3)14(18-17)12-8-6-5-7-9-12/h5-9,11,13,15H,4,10H2,1-3H3/t13-,15+,17+/m1/s1. The fourth-order valence-corrected chi connectivity index (χ4v) is 3.07. The largest absolute Gasteiger partial charge is 0.454 e. The van der Waals surface area contributed by atoms with Crippen LogP contribution in [-0.2, 0) is 9.53 Å². The van der Waals surface area contributed by atoms with Crippen LogP contribution in [0.25, 0.3) is 0 Å².